The van der Waals surface area contributed by atoms with E-state index in [1.807, 2.05) is 24.3 Å². The number of aryl methyl sites for hydroxylation is 1. The minimum absolute atomic E-state index is 0.0220. The van der Waals surface area contributed by atoms with Crippen LogP contribution >= 0.6 is 0 Å². The Morgan fingerprint density at radius 2 is 1.25 bits per heavy atom. The maximum atomic E-state index is 12.2. The standard InChI is InChI=1S/C18H24N2O4S.C8H11NO5S/c1-4-5-6-14-7-9-15(10-8-14)19-18(21)16-11-12-17(24-16)20-25(22,23)13(2)3;1-5(2)15(12,13)9-7-4-3-6(14-7)8(10)11/h7-13,20H,4-6H2,1-3H3,(H,19,21);3-5,9H,1-2H3,(H,10,11). The normalized spacial score (nSPS) is 11.6. The third-order valence-corrected chi connectivity index (χ3v) is 8.86. The van der Waals surface area contributed by atoms with Gasteiger partial charge >= 0.3 is 5.97 Å². The third kappa shape index (κ3) is 9.75. The summed E-state index contributed by atoms with van der Waals surface area (Å²) in [6.07, 6.45) is 3.29. The predicted molar refractivity (Wildman–Crippen MR) is 153 cm³/mol. The molecule has 0 aliphatic rings. The number of nitrogens with one attached hydrogen (secondary N) is 3. The maximum Gasteiger partial charge on any atom is 0.371 e. The number of rotatable bonds is 12. The van der Waals surface area contributed by atoms with Crippen molar-refractivity contribution in [3.63, 3.8) is 0 Å². The molecule has 12 nitrogen and oxygen atoms in total. The highest BCUT2D eigenvalue weighted by atomic mass is 32.2. The van der Waals surface area contributed by atoms with Crippen molar-refractivity contribution < 1.29 is 40.4 Å². The lowest BCUT2D eigenvalue weighted by atomic mass is 10.1. The molecule has 0 unspecified atom stereocenters. The zero-order valence-corrected chi connectivity index (χ0v) is 24.6. The van der Waals surface area contributed by atoms with E-state index < -0.39 is 42.4 Å². The predicted octanol–water partition coefficient (Wildman–Crippen LogP) is 5.15. The van der Waals surface area contributed by atoms with Crippen LogP contribution in [0.1, 0.15) is 74.1 Å². The van der Waals surface area contributed by atoms with Gasteiger partial charge in [-0.1, -0.05) is 25.5 Å². The zero-order chi connectivity index (χ0) is 30.1. The Bertz CT molecular complexity index is 1490. The van der Waals surface area contributed by atoms with Crippen molar-refractivity contribution in [2.75, 3.05) is 14.8 Å². The summed E-state index contributed by atoms with van der Waals surface area (Å²) in [5, 5.41) is 10.1. The molecule has 0 spiro atoms. The highest BCUT2D eigenvalue weighted by Crippen LogP contribution is 2.19. The molecule has 0 aliphatic heterocycles. The summed E-state index contributed by atoms with van der Waals surface area (Å²) in [4.78, 5) is 22.6. The van der Waals surface area contributed by atoms with Gasteiger partial charge in [0.25, 0.3) is 5.91 Å². The first-order chi connectivity index (χ1) is 18.6. The number of amides is 1. The second-order valence-electron chi connectivity index (χ2n) is 9.28. The highest BCUT2D eigenvalue weighted by molar-refractivity contribution is 7.93. The monoisotopic (exact) mass is 597 g/mol. The second-order valence-corrected chi connectivity index (χ2v) is 13.8. The minimum Gasteiger partial charge on any atom is -0.475 e. The van der Waals surface area contributed by atoms with Crippen LogP contribution in [0.15, 0.2) is 57.4 Å². The zero-order valence-electron chi connectivity index (χ0n) is 22.9. The van der Waals surface area contributed by atoms with Crippen LogP contribution in [-0.2, 0) is 26.5 Å². The van der Waals surface area contributed by atoms with E-state index in [0.717, 1.165) is 19.3 Å². The number of furan rings is 2. The van der Waals surface area contributed by atoms with Crippen molar-refractivity contribution in [1.82, 2.24) is 0 Å². The van der Waals surface area contributed by atoms with E-state index in [0.29, 0.717) is 5.69 Å². The van der Waals surface area contributed by atoms with Crippen LogP contribution in [0, 0.1) is 0 Å². The van der Waals surface area contributed by atoms with Crippen LogP contribution < -0.4 is 14.8 Å². The Morgan fingerprint density at radius 3 is 1.68 bits per heavy atom. The first-order valence-corrected chi connectivity index (χ1v) is 15.6. The number of sulfonamides is 2. The van der Waals surface area contributed by atoms with Crippen molar-refractivity contribution in [2.24, 2.45) is 0 Å². The molecule has 2 heterocycles. The van der Waals surface area contributed by atoms with Crippen molar-refractivity contribution in [1.29, 1.82) is 0 Å². The number of unbranched alkanes of at least 4 members (excludes halogenated alkanes) is 1. The fourth-order valence-electron chi connectivity index (χ4n) is 2.87. The van der Waals surface area contributed by atoms with Gasteiger partial charge in [-0.3, -0.25) is 14.2 Å². The van der Waals surface area contributed by atoms with Crippen LogP contribution in [0.4, 0.5) is 17.5 Å². The van der Waals surface area contributed by atoms with Gasteiger partial charge < -0.3 is 19.3 Å². The summed E-state index contributed by atoms with van der Waals surface area (Å²) in [6.45, 7) is 8.27. The average Bonchev–Trinajstić information content (AvgIpc) is 3.53. The Balaban J connectivity index is 0.000000319. The van der Waals surface area contributed by atoms with Crippen LogP contribution in [0.25, 0.3) is 0 Å². The summed E-state index contributed by atoms with van der Waals surface area (Å²) in [7, 11) is -7.01. The maximum absolute atomic E-state index is 12.2. The molecule has 14 heteroatoms. The molecule has 0 bridgehead atoms. The van der Waals surface area contributed by atoms with Crippen LogP contribution in [0.2, 0.25) is 0 Å². The minimum atomic E-state index is -3.51. The number of carboxylic acid groups (broad SMARTS) is 1. The number of carboxylic acids is 1. The van der Waals surface area contributed by atoms with E-state index in [1.165, 1.54) is 43.7 Å². The number of carbonyl (C=O) groups excluding carboxylic acids is 1. The van der Waals surface area contributed by atoms with Crippen LogP contribution in [0.5, 0.6) is 0 Å². The van der Waals surface area contributed by atoms with E-state index in [4.69, 9.17) is 13.9 Å². The number of hydrogen-bond donors (Lipinski definition) is 4. The molecule has 3 rings (SSSR count). The number of benzene rings is 1. The van der Waals surface area contributed by atoms with E-state index in [9.17, 15) is 26.4 Å². The molecule has 0 fully saturated rings. The molecule has 3 aromatic rings. The lowest BCUT2D eigenvalue weighted by Crippen LogP contribution is -2.22. The van der Waals surface area contributed by atoms with Gasteiger partial charge in [0.2, 0.25) is 37.6 Å². The first kappa shape index (κ1) is 32.4. The lowest BCUT2D eigenvalue weighted by Gasteiger charge is -2.08. The molecule has 0 saturated heterocycles. The fraction of sp³-hybridized carbons (Fsp3) is 0.385. The van der Waals surface area contributed by atoms with Gasteiger partial charge in [0.1, 0.15) is 0 Å². The number of anilines is 3. The number of aromatic carboxylic acids is 1. The number of carbonyl (C=O) groups is 2. The molecule has 0 saturated carbocycles. The van der Waals surface area contributed by atoms with Gasteiger partial charge in [-0.15, -0.1) is 0 Å². The molecule has 1 aromatic carbocycles. The van der Waals surface area contributed by atoms with Gasteiger partial charge in [0.05, 0.1) is 10.5 Å². The molecule has 0 atom stereocenters. The molecule has 1 amide bonds. The quantitative estimate of drug-likeness (QED) is 0.219. The molecule has 220 valence electrons. The molecule has 0 aliphatic carbocycles. The van der Waals surface area contributed by atoms with E-state index in [-0.39, 0.29) is 23.3 Å². The van der Waals surface area contributed by atoms with Gasteiger partial charge in [0.15, 0.2) is 5.76 Å². The molecular weight excluding hydrogens is 562 g/mol. The Kier molecular flexibility index (Phi) is 11.4. The van der Waals surface area contributed by atoms with Gasteiger partial charge in [-0.2, -0.15) is 0 Å². The van der Waals surface area contributed by atoms with E-state index in [2.05, 4.69) is 21.7 Å². The summed E-state index contributed by atoms with van der Waals surface area (Å²) in [5.41, 5.74) is 1.88. The van der Waals surface area contributed by atoms with Crippen LogP contribution in [0.3, 0.4) is 0 Å². The third-order valence-electron chi connectivity index (χ3n) is 5.40. The molecular formula is C26H35N3O9S2. The van der Waals surface area contributed by atoms with E-state index in [1.54, 1.807) is 13.8 Å². The van der Waals surface area contributed by atoms with Crippen molar-refractivity contribution >= 4 is 49.4 Å². The van der Waals surface area contributed by atoms with Crippen molar-refractivity contribution in [2.45, 2.75) is 64.4 Å². The van der Waals surface area contributed by atoms with Gasteiger partial charge in [-0.05, 0) is 70.4 Å². The van der Waals surface area contributed by atoms with Crippen molar-refractivity contribution in [3.05, 3.63) is 65.6 Å². The SMILES string of the molecule is CC(C)S(=O)(=O)Nc1ccc(C(=O)O)o1.CCCCc1ccc(NC(=O)c2ccc(NS(=O)(=O)C(C)C)o2)cc1. The van der Waals surface area contributed by atoms with Gasteiger partial charge in [0, 0.05) is 17.8 Å². The molecule has 4 N–H and O–H groups in total. The van der Waals surface area contributed by atoms with E-state index >= 15 is 0 Å². The largest absolute Gasteiger partial charge is 0.475 e. The van der Waals surface area contributed by atoms with Crippen molar-refractivity contribution in [3.8, 4) is 0 Å². The summed E-state index contributed by atoms with van der Waals surface area (Å²) < 4.78 is 60.8. The summed E-state index contributed by atoms with van der Waals surface area (Å²) in [6, 6.07) is 12.9. The number of hydrogen-bond acceptors (Lipinski definition) is 8. The molecule has 2 aromatic heterocycles. The Morgan fingerprint density at radius 1 is 0.775 bits per heavy atom. The summed E-state index contributed by atoms with van der Waals surface area (Å²) in [5.74, 6) is -2.02. The topological polar surface area (TPSA) is 185 Å². The average molecular weight is 598 g/mol. The smallest absolute Gasteiger partial charge is 0.371 e. The Hall–Kier alpha value is -3.78. The lowest BCUT2D eigenvalue weighted by molar-refractivity contribution is 0.0663. The Labute approximate surface area is 234 Å². The van der Waals surface area contributed by atoms with Gasteiger partial charge in [-0.25, -0.2) is 21.6 Å². The molecule has 0 radical (unpaired) electrons. The summed E-state index contributed by atoms with van der Waals surface area (Å²) >= 11 is 0. The molecule has 40 heavy (non-hydrogen) atoms. The first-order valence-electron chi connectivity index (χ1n) is 12.5. The fourth-order valence-corrected chi connectivity index (χ4v) is 4.12. The highest BCUT2D eigenvalue weighted by Gasteiger charge is 2.20. The second kappa shape index (κ2) is 14.0. The van der Waals surface area contributed by atoms with Crippen LogP contribution in [-0.4, -0.2) is 44.3 Å².